The van der Waals surface area contributed by atoms with E-state index in [0.717, 1.165) is 22.4 Å². The zero-order valence-electron chi connectivity index (χ0n) is 10.0. The second-order valence-electron chi connectivity index (χ2n) is 3.53. The van der Waals surface area contributed by atoms with E-state index in [1.165, 1.54) is 11.8 Å². The maximum Gasteiger partial charge on any atom is 0.223 e. The third-order valence-corrected chi connectivity index (χ3v) is 3.00. The molecule has 0 aromatic carbocycles. The van der Waals surface area contributed by atoms with Crippen LogP contribution < -0.4 is 5.32 Å². The Morgan fingerprint density at radius 1 is 1.41 bits per heavy atom. The van der Waals surface area contributed by atoms with Gasteiger partial charge in [-0.2, -0.15) is 0 Å². The number of hydrogen-bond acceptors (Lipinski definition) is 6. The monoisotopic (exact) mass is 250 g/mol. The highest BCUT2D eigenvalue weighted by atomic mass is 32.2. The number of nitrogens with one attached hydrogen (secondary N) is 1. The summed E-state index contributed by atoms with van der Waals surface area (Å²) in [4.78, 5) is 8.70. The van der Waals surface area contributed by atoms with Gasteiger partial charge in [-0.05, 0) is 31.7 Å². The van der Waals surface area contributed by atoms with Crippen molar-refractivity contribution in [2.45, 2.75) is 24.0 Å². The SMILES string of the molecule is CCNc1nc(C)cc(Sc2nncn2C)n1. The number of hydrogen-bond donors (Lipinski definition) is 1. The van der Waals surface area contributed by atoms with Crippen LogP contribution in [0.3, 0.4) is 0 Å². The first-order chi connectivity index (χ1) is 8.19. The first-order valence-electron chi connectivity index (χ1n) is 5.30. The van der Waals surface area contributed by atoms with Gasteiger partial charge >= 0.3 is 0 Å². The molecule has 90 valence electrons. The Hall–Kier alpha value is -1.63. The molecule has 7 heteroatoms. The summed E-state index contributed by atoms with van der Waals surface area (Å²) in [5.74, 6) is 0.650. The number of aromatic nitrogens is 5. The largest absolute Gasteiger partial charge is 0.354 e. The van der Waals surface area contributed by atoms with Gasteiger partial charge in [-0.15, -0.1) is 10.2 Å². The Morgan fingerprint density at radius 3 is 2.88 bits per heavy atom. The molecule has 1 N–H and O–H groups in total. The number of nitrogens with zero attached hydrogens (tertiary/aromatic N) is 5. The van der Waals surface area contributed by atoms with Crippen LogP contribution in [0.5, 0.6) is 0 Å². The topological polar surface area (TPSA) is 68.5 Å². The van der Waals surface area contributed by atoms with Crippen molar-refractivity contribution >= 4 is 17.7 Å². The summed E-state index contributed by atoms with van der Waals surface area (Å²) in [5, 5.41) is 12.6. The van der Waals surface area contributed by atoms with Crippen LogP contribution in [0.15, 0.2) is 22.6 Å². The van der Waals surface area contributed by atoms with Crippen LogP contribution >= 0.6 is 11.8 Å². The maximum atomic E-state index is 4.40. The molecule has 2 aromatic heterocycles. The fraction of sp³-hybridized carbons (Fsp3) is 0.400. The predicted molar refractivity (Wildman–Crippen MR) is 66.1 cm³/mol. The summed E-state index contributed by atoms with van der Waals surface area (Å²) in [6.45, 7) is 4.77. The highest BCUT2D eigenvalue weighted by Crippen LogP contribution is 2.24. The minimum absolute atomic E-state index is 0.650. The van der Waals surface area contributed by atoms with Gasteiger partial charge in [0.2, 0.25) is 5.95 Å². The first-order valence-corrected chi connectivity index (χ1v) is 6.12. The number of anilines is 1. The molecule has 0 fully saturated rings. The molecule has 2 heterocycles. The zero-order valence-corrected chi connectivity index (χ0v) is 10.8. The summed E-state index contributed by atoms with van der Waals surface area (Å²) < 4.78 is 1.86. The van der Waals surface area contributed by atoms with Crippen molar-refractivity contribution in [3.8, 4) is 0 Å². The molecule has 17 heavy (non-hydrogen) atoms. The third kappa shape index (κ3) is 2.94. The zero-order chi connectivity index (χ0) is 12.3. The van der Waals surface area contributed by atoms with Gasteiger partial charge < -0.3 is 9.88 Å². The minimum atomic E-state index is 0.650. The van der Waals surface area contributed by atoms with Crippen LogP contribution in [-0.2, 0) is 7.05 Å². The Bertz CT molecular complexity index is 509. The molecular weight excluding hydrogens is 236 g/mol. The molecule has 0 spiro atoms. The van der Waals surface area contributed by atoms with E-state index in [9.17, 15) is 0 Å². The molecule has 0 atom stereocenters. The quantitative estimate of drug-likeness (QED) is 0.829. The highest BCUT2D eigenvalue weighted by Gasteiger charge is 2.07. The van der Waals surface area contributed by atoms with Crippen molar-refractivity contribution in [1.29, 1.82) is 0 Å². The minimum Gasteiger partial charge on any atom is -0.354 e. The highest BCUT2D eigenvalue weighted by molar-refractivity contribution is 7.99. The van der Waals surface area contributed by atoms with E-state index in [0.29, 0.717) is 5.95 Å². The molecule has 0 aliphatic rings. The lowest BCUT2D eigenvalue weighted by Gasteiger charge is -2.05. The van der Waals surface area contributed by atoms with E-state index in [2.05, 4.69) is 25.5 Å². The fourth-order valence-electron chi connectivity index (χ4n) is 1.29. The number of aryl methyl sites for hydroxylation is 2. The average Bonchev–Trinajstić information content (AvgIpc) is 2.64. The second kappa shape index (κ2) is 5.13. The second-order valence-corrected chi connectivity index (χ2v) is 4.52. The van der Waals surface area contributed by atoms with Gasteiger partial charge in [0.25, 0.3) is 0 Å². The smallest absolute Gasteiger partial charge is 0.223 e. The summed E-state index contributed by atoms with van der Waals surface area (Å²) in [7, 11) is 1.90. The summed E-state index contributed by atoms with van der Waals surface area (Å²) in [5.41, 5.74) is 0.931. The van der Waals surface area contributed by atoms with Crippen LogP contribution in [0.4, 0.5) is 5.95 Å². The lowest BCUT2D eigenvalue weighted by Crippen LogP contribution is -2.03. The molecule has 0 unspecified atom stereocenters. The molecule has 0 radical (unpaired) electrons. The molecular formula is C10H14N6S. The summed E-state index contributed by atoms with van der Waals surface area (Å²) >= 11 is 1.47. The Kier molecular flexibility index (Phi) is 3.58. The van der Waals surface area contributed by atoms with E-state index >= 15 is 0 Å². The molecule has 0 aliphatic heterocycles. The van der Waals surface area contributed by atoms with Crippen molar-refractivity contribution in [2.75, 3.05) is 11.9 Å². The molecule has 0 saturated carbocycles. The lowest BCUT2D eigenvalue weighted by molar-refractivity contribution is 0.786. The van der Waals surface area contributed by atoms with Crippen LogP contribution in [-0.4, -0.2) is 31.3 Å². The van der Waals surface area contributed by atoms with Gasteiger partial charge in [-0.1, -0.05) is 0 Å². The molecule has 2 rings (SSSR count). The third-order valence-electron chi connectivity index (χ3n) is 2.03. The van der Waals surface area contributed by atoms with Crippen LogP contribution in [0.2, 0.25) is 0 Å². The molecule has 6 nitrogen and oxygen atoms in total. The van der Waals surface area contributed by atoms with Crippen molar-refractivity contribution in [3.05, 3.63) is 18.1 Å². The van der Waals surface area contributed by atoms with Crippen LogP contribution in [0, 0.1) is 6.92 Å². The van der Waals surface area contributed by atoms with Gasteiger partial charge in [-0.3, -0.25) is 0 Å². The van der Waals surface area contributed by atoms with E-state index in [1.54, 1.807) is 6.33 Å². The van der Waals surface area contributed by atoms with Crippen molar-refractivity contribution in [2.24, 2.45) is 7.05 Å². The van der Waals surface area contributed by atoms with E-state index in [-0.39, 0.29) is 0 Å². The molecule has 2 aromatic rings. The maximum absolute atomic E-state index is 4.40. The Labute approximate surface area is 104 Å². The van der Waals surface area contributed by atoms with Gasteiger partial charge in [0.1, 0.15) is 11.4 Å². The number of rotatable bonds is 4. The Morgan fingerprint density at radius 2 is 2.24 bits per heavy atom. The van der Waals surface area contributed by atoms with Gasteiger partial charge in [0, 0.05) is 19.3 Å². The lowest BCUT2D eigenvalue weighted by atomic mass is 10.5. The summed E-state index contributed by atoms with van der Waals surface area (Å²) in [6, 6.07) is 1.93. The van der Waals surface area contributed by atoms with E-state index < -0.39 is 0 Å². The van der Waals surface area contributed by atoms with Gasteiger partial charge in [0.05, 0.1) is 0 Å². The van der Waals surface area contributed by atoms with Crippen molar-refractivity contribution < 1.29 is 0 Å². The summed E-state index contributed by atoms with van der Waals surface area (Å²) in [6.07, 6.45) is 1.67. The molecule has 0 aliphatic carbocycles. The molecule has 0 saturated heterocycles. The van der Waals surface area contributed by atoms with Crippen LogP contribution in [0.25, 0.3) is 0 Å². The standard InChI is InChI=1S/C10H14N6S/c1-4-11-9-13-7(2)5-8(14-9)17-10-15-12-6-16(10)3/h5-6H,4H2,1-3H3,(H,11,13,14). The van der Waals surface area contributed by atoms with Crippen molar-refractivity contribution in [1.82, 2.24) is 24.7 Å². The van der Waals surface area contributed by atoms with E-state index in [4.69, 9.17) is 0 Å². The van der Waals surface area contributed by atoms with E-state index in [1.807, 2.05) is 31.5 Å². The normalized spacial score (nSPS) is 10.5. The molecule has 0 bridgehead atoms. The average molecular weight is 250 g/mol. The predicted octanol–water partition coefficient (Wildman–Crippen LogP) is 1.50. The molecule has 0 amide bonds. The Balaban J connectivity index is 2.23. The van der Waals surface area contributed by atoms with Crippen LogP contribution in [0.1, 0.15) is 12.6 Å². The first kappa shape index (κ1) is 11.8. The van der Waals surface area contributed by atoms with Gasteiger partial charge in [-0.25, -0.2) is 9.97 Å². The fourth-order valence-corrected chi connectivity index (χ4v) is 2.12. The van der Waals surface area contributed by atoms with Gasteiger partial charge in [0.15, 0.2) is 5.16 Å². The van der Waals surface area contributed by atoms with Crippen molar-refractivity contribution in [3.63, 3.8) is 0 Å².